The molecule has 0 saturated heterocycles. The Kier molecular flexibility index (Phi) is 4.00. The number of nitrogens with zero attached hydrogens (tertiary/aromatic N) is 2. The summed E-state index contributed by atoms with van der Waals surface area (Å²) in [6, 6.07) is 4.84. The molecule has 0 aliphatic rings. The van der Waals surface area contributed by atoms with Crippen molar-refractivity contribution < 1.29 is 4.79 Å². The van der Waals surface area contributed by atoms with E-state index in [2.05, 4.69) is 11.6 Å². The third-order valence-corrected chi connectivity index (χ3v) is 2.06. The van der Waals surface area contributed by atoms with E-state index in [1.165, 1.54) is 4.90 Å². The van der Waals surface area contributed by atoms with E-state index in [-0.39, 0.29) is 5.91 Å². The van der Waals surface area contributed by atoms with E-state index in [0.717, 1.165) is 0 Å². The van der Waals surface area contributed by atoms with Gasteiger partial charge in [0.25, 0.3) is 0 Å². The standard InChI is InChI=1S/C11H15N3O/c1-3-6-9(12)11(15)14(2)10-7-4-5-8-13-10/h3-5,7-9H,1,6,12H2,2H3. The number of rotatable bonds is 4. The van der Waals surface area contributed by atoms with E-state index in [9.17, 15) is 4.79 Å². The number of hydrogen-bond donors (Lipinski definition) is 1. The van der Waals surface area contributed by atoms with Gasteiger partial charge in [0, 0.05) is 13.2 Å². The molecule has 1 heterocycles. The molecule has 0 fully saturated rings. The first-order valence-electron chi connectivity index (χ1n) is 4.72. The lowest BCUT2D eigenvalue weighted by atomic mass is 10.2. The fourth-order valence-corrected chi connectivity index (χ4v) is 1.19. The summed E-state index contributed by atoms with van der Waals surface area (Å²) >= 11 is 0. The molecule has 1 rings (SSSR count). The molecule has 0 bridgehead atoms. The molecule has 1 amide bonds. The molecule has 0 radical (unpaired) electrons. The van der Waals surface area contributed by atoms with Crippen LogP contribution in [0.3, 0.4) is 0 Å². The van der Waals surface area contributed by atoms with Crippen molar-refractivity contribution in [1.82, 2.24) is 4.98 Å². The van der Waals surface area contributed by atoms with E-state index in [1.807, 2.05) is 6.07 Å². The minimum atomic E-state index is -0.547. The van der Waals surface area contributed by atoms with Gasteiger partial charge in [0.2, 0.25) is 5.91 Å². The second-order valence-electron chi connectivity index (χ2n) is 3.22. The molecule has 1 aromatic heterocycles. The van der Waals surface area contributed by atoms with Crippen LogP contribution in [0.4, 0.5) is 5.82 Å². The Balaban J connectivity index is 2.72. The lowest BCUT2D eigenvalue weighted by Crippen LogP contribution is -2.41. The van der Waals surface area contributed by atoms with Crippen LogP contribution >= 0.6 is 0 Å². The highest BCUT2D eigenvalue weighted by Crippen LogP contribution is 2.08. The summed E-state index contributed by atoms with van der Waals surface area (Å²) in [5.74, 6) is 0.440. The second-order valence-corrected chi connectivity index (χ2v) is 3.22. The number of carbonyl (C=O) groups is 1. The van der Waals surface area contributed by atoms with Crippen molar-refractivity contribution >= 4 is 11.7 Å². The molecule has 1 unspecified atom stereocenters. The summed E-state index contributed by atoms with van der Waals surface area (Å²) in [5, 5.41) is 0. The van der Waals surface area contributed by atoms with Crippen molar-refractivity contribution in [3.63, 3.8) is 0 Å². The van der Waals surface area contributed by atoms with Crippen molar-refractivity contribution in [1.29, 1.82) is 0 Å². The Morgan fingerprint density at radius 2 is 2.47 bits per heavy atom. The minimum absolute atomic E-state index is 0.159. The van der Waals surface area contributed by atoms with Crippen molar-refractivity contribution in [3.8, 4) is 0 Å². The van der Waals surface area contributed by atoms with Gasteiger partial charge in [-0.1, -0.05) is 12.1 Å². The highest BCUT2D eigenvalue weighted by atomic mass is 16.2. The van der Waals surface area contributed by atoms with Crippen LogP contribution in [0.2, 0.25) is 0 Å². The second kappa shape index (κ2) is 5.26. The Morgan fingerprint density at radius 3 is 3.00 bits per heavy atom. The topological polar surface area (TPSA) is 59.2 Å². The third kappa shape index (κ3) is 2.89. The third-order valence-electron chi connectivity index (χ3n) is 2.06. The van der Waals surface area contributed by atoms with Crippen molar-refractivity contribution in [3.05, 3.63) is 37.1 Å². The van der Waals surface area contributed by atoms with E-state index in [0.29, 0.717) is 12.2 Å². The average Bonchev–Trinajstić information content (AvgIpc) is 2.28. The summed E-state index contributed by atoms with van der Waals surface area (Å²) in [6.45, 7) is 3.55. The molecular weight excluding hydrogens is 190 g/mol. The van der Waals surface area contributed by atoms with Gasteiger partial charge in [0.05, 0.1) is 6.04 Å². The van der Waals surface area contributed by atoms with Crippen LogP contribution in [0.15, 0.2) is 37.1 Å². The molecule has 0 aliphatic heterocycles. The fraction of sp³-hybridized carbons (Fsp3) is 0.273. The van der Waals surface area contributed by atoms with Crippen molar-refractivity contribution in [2.45, 2.75) is 12.5 Å². The molecule has 4 nitrogen and oxygen atoms in total. The van der Waals surface area contributed by atoms with Gasteiger partial charge in [-0.15, -0.1) is 6.58 Å². The zero-order chi connectivity index (χ0) is 11.3. The van der Waals surface area contributed by atoms with Crippen LogP contribution < -0.4 is 10.6 Å². The Labute approximate surface area is 89.4 Å². The number of carbonyl (C=O) groups excluding carboxylic acids is 1. The number of amides is 1. The molecular formula is C11H15N3O. The molecule has 4 heteroatoms. The average molecular weight is 205 g/mol. The minimum Gasteiger partial charge on any atom is -0.320 e. The van der Waals surface area contributed by atoms with E-state index >= 15 is 0 Å². The van der Waals surface area contributed by atoms with Crippen molar-refractivity contribution in [2.24, 2.45) is 5.73 Å². The summed E-state index contributed by atoms with van der Waals surface area (Å²) in [5.41, 5.74) is 5.68. The van der Waals surface area contributed by atoms with E-state index in [4.69, 9.17) is 5.73 Å². The predicted molar refractivity (Wildman–Crippen MR) is 60.4 cm³/mol. The van der Waals surface area contributed by atoms with Gasteiger partial charge in [0.15, 0.2) is 0 Å². The Bertz CT molecular complexity index is 337. The maximum Gasteiger partial charge on any atom is 0.245 e. The largest absolute Gasteiger partial charge is 0.320 e. The first kappa shape index (κ1) is 11.4. The summed E-state index contributed by atoms with van der Waals surface area (Å²) in [6.07, 6.45) is 3.74. The van der Waals surface area contributed by atoms with E-state index in [1.54, 1.807) is 31.5 Å². The van der Waals surface area contributed by atoms with Gasteiger partial charge in [-0.05, 0) is 18.6 Å². The SMILES string of the molecule is C=CCC(N)C(=O)N(C)c1ccccn1. The number of hydrogen-bond acceptors (Lipinski definition) is 3. The van der Waals surface area contributed by atoms with Crippen LogP contribution in [-0.4, -0.2) is 24.0 Å². The van der Waals surface area contributed by atoms with E-state index < -0.39 is 6.04 Å². The lowest BCUT2D eigenvalue weighted by molar-refractivity contribution is -0.119. The van der Waals surface area contributed by atoms with Crippen LogP contribution in [0.5, 0.6) is 0 Å². The zero-order valence-corrected chi connectivity index (χ0v) is 8.76. The van der Waals surface area contributed by atoms with Gasteiger partial charge in [-0.3, -0.25) is 9.69 Å². The molecule has 0 spiro atoms. The summed E-state index contributed by atoms with van der Waals surface area (Å²) < 4.78 is 0. The molecule has 1 atom stereocenters. The number of pyridine rings is 1. The van der Waals surface area contributed by atoms with Gasteiger partial charge in [-0.2, -0.15) is 0 Å². The van der Waals surface area contributed by atoms with Crippen LogP contribution in [0.25, 0.3) is 0 Å². The van der Waals surface area contributed by atoms with Crippen LogP contribution in [0.1, 0.15) is 6.42 Å². The van der Waals surface area contributed by atoms with Gasteiger partial charge >= 0.3 is 0 Å². The van der Waals surface area contributed by atoms with Crippen molar-refractivity contribution in [2.75, 3.05) is 11.9 Å². The molecule has 0 aliphatic carbocycles. The monoisotopic (exact) mass is 205 g/mol. The summed E-state index contributed by atoms with van der Waals surface area (Å²) in [4.78, 5) is 17.3. The smallest absolute Gasteiger partial charge is 0.245 e. The normalized spacial score (nSPS) is 11.9. The summed E-state index contributed by atoms with van der Waals surface area (Å²) in [7, 11) is 1.66. The highest BCUT2D eigenvalue weighted by molar-refractivity contribution is 5.95. The quantitative estimate of drug-likeness (QED) is 0.744. The Hall–Kier alpha value is -1.68. The molecule has 80 valence electrons. The number of anilines is 1. The number of nitrogens with two attached hydrogens (primary N) is 1. The highest BCUT2D eigenvalue weighted by Gasteiger charge is 2.18. The van der Waals surface area contributed by atoms with Gasteiger partial charge in [0.1, 0.15) is 5.82 Å². The van der Waals surface area contributed by atoms with Crippen LogP contribution in [0, 0.1) is 0 Å². The molecule has 1 aromatic rings. The zero-order valence-electron chi connectivity index (χ0n) is 8.76. The molecule has 15 heavy (non-hydrogen) atoms. The molecule has 2 N–H and O–H groups in total. The first-order chi connectivity index (χ1) is 7.16. The fourth-order valence-electron chi connectivity index (χ4n) is 1.19. The maximum absolute atomic E-state index is 11.7. The lowest BCUT2D eigenvalue weighted by Gasteiger charge is -2.19. The predicted octanol–water partition coefficient (Wildman–Crippen LogP) is 0.948. The molecule has 0 saturated carbocycles. The number of aromatic nitrogens is 1. The van der Waals surface area contributed by atoms with Gasteiger partial charge < -0.3 is 5.73 Å². The maximum atomic E-state index is 11.7. The number of likely N-dealkylation sites (N-methyl/N-ethyl adjacent to an activating group) is 1. The first-order valence-corrected chi connectivity index (χ1v) is 4.72. The Morgan fingerprint density at radius 1 is 1.73 bits per heavy atom. The van der Waals surface area contributed by atoms with Gasteiger partial charge in [-0.25, -0.2) is 4.98 Å². The molecule has 0 aromatic carbocycles. The van der Waals surface area contributed by atoms with Crippen LogP contribution in [-0.2, 0) is 4.79 Å².